The molecule has 1 fully saturated rings. The zero-order valence-electron chi connectivity index (χ0n) is 16.4. The van der Waals surface area contributed by atoms with E-state index in [9.17, 15) is 4.79 Å². The molecule has 0 bridgehead atoms. The molecule has 6 nitrogen and oxygen atoms in total. The summed E-state index contributed by atoms with van der Waals surface area (Å²) in [5.41, 5.74) is 4.83. The highest BCUT2D eigenvalue weighted by Gasteiger charge is 2.29. The van der Waals surface area contributed by atoms with Crippen LogP contribution in [0.1, 0.15) is 46.1 Å². The maximum absolute atomic E-state index is 13.3. The molecule has 1 saturated carbocycles. The molecule has 0 radical (unpaired) electrons. The van der Waals surface area contributed by atoms with Crippen molar-refractivity contribution < 1.29 is 4.79 Å². The molecule has 0 atom stereocenters. The van der Waals surface area contributed by atoms with Crippen LogP contribution in [0.15, 0.2) is 54.7 Å². The number of aryl methyl sites for hydroxylation is 2. The van der Waals surface area contributed by atoms with Crippen LogP contribution in [0.4, 0.5) is 5.69 Å². The molecule has 3 aromatic heterocycles. The fourth-order valence-electron chi connectivity index (χ4n) is 3.62. The lowest BCUT2D eigenvalue weighted by molar-refractivity contribution is 0.102. The number of benzene rings is 1. The van der Waals surface area contributed by atoms with Gasteiger partial charge in [-0.1, -0.05) is 24.3 Å². The van der Waals surface area contributed by atoms with E-state index in [2.05, 4.69) is 15.4 Å². The smallest absolute Gasteiger partial charge is 0.256 e. The molecule has 1 aliphatic carbocycles. The Morgan fingerprint density at radius 3 is 2.62 bits per heavy atom. The van der Waals surface area contributed by atoms with Crippen LogP contribution in [-0.4, -0.2) is 25.7 Å². The lowest BCUT2D eigenvalue weighted by Crippen LogP contribution is -2.14. The van der Waals surface area contributed by atoms with E-state index in [-0.39, 0.29) is 5.91 Å². The minimum Gasteiger partial charge on any atom is -0.322 e. The molecule has 144 valence electrons. The van der Waals surface area contributed by atoms with Gasteiger partial charge in [0.15, 0.2) is 11.5 Å². The number of carbonyl (C=O) groups excluding carboxylic acids is 1. The Morgan fingerprint density at radius 1 is 1.10 bits per heavy atom. The van der Waals surface area contributed by atoms with Crippen molar-refractivity contribution in [2.45, 2.75) is 32.6 Å². The van der Waals surface area contributed by atoms with Gasteiger partial charge < -0.3 is 5.32 Å². The van der Waals surface area contributed by atoms with Gasteiger partial charge >= 0.3 is 0 Å². The van der Waals surface area contributed by atoms with Crippen molar-refractivity contribution in [1.29, 1.82) is 0 Å². The molecule has 0 unspecified atom stereocenters. The first kappa shape index (κ1) is 17.6. The van der Waals surface area contributed by atoms with Crippen molar-refractivity contribution in [1.82, 2.24) is 19.7 Å². The van der Waals surface area contributed by atoms with Crippen LogP contribution >= 0.6 is 0 Å². The van der Waals surface area contributed by atoms with Crippen molar-refractivity contribution in [3.05, 3.63) is 77.2 Å². The first-order valence-corrected chi connectivity index (χ1v) is 9.80. The number of para-hydroxylation sites is 1. The Bertz CT molecular complexity index is 1220. The molecule has 1 aromatic carbocycles. The van der Waals surface area contributed by atoms with Gasteiger partial charge in [-0.3, -0.25) is 4.79 Å². The summed E-state index contributed by atoms with van der Waals surface area (Å²) in [6, 6.07) is 15.4. The van der Waals surface area contributed by atoms with E-state index in [0.717, 1.165) is 40.9 Å². The Balaban J connectivity index is 1.67. The van der Waals surface area contributed by atoms with E-state index in [1.165, 1.54) is 0 Å². The molecule has 29 heavy (non-hydrogen) atoms. The number of anilines is 1. The summed E-state index contributed by atoms with van der Waals surface area (Å²) < 4.78 is 1.74. The fraction of sp³-hybridized carbons (Fsp3) is 0.217. The second kappa shape index (κ2) is 6.81. The molecule has 4 aromatic rings. The van der Waals surface area contributed by atoms with Gasteiger partial charge in [-0.2, -0.15) is 9.78 Å². The monoisotopic (exact) mass is 383 g/mol. The summed E-state index contributed by atoms with van der Waals surface area (Å²) in [7, 11) is 0. The van der Waals surface area contributed by atoms with E-state index in [1.807, 2.05) is 62.4 Å². The van der Waals surface area contributed by atoms with Crippen molar-refractivity contribution in [3.8, 4) is 5.82 Å². The highest BCUT2D eigenvalue weighted by Crippen LogP contribution is 2.40. The third-order valence-corrected chi connectivity index (χ3v) is 5.33. The van der Waals surface area contributed by atoms with E-state index in [0.29, 0.717) is 22.9 Å². The van der Waals surface area contributed by atoms with Gasteiger partial charge in [-0.05, 0) is 56.5 Å². The Morgan fingerprint density at radius 2 is 1.90 bits per heavy atom. The van der Waals surface area contributed by atoms with Gasteiger partial charge in [0.1, 0.15) is 0 Å². The lowest BCUT2D eigenvalue weighted by Gasteiger charge is -2.11. The molecule has 6 heteroatoms. The number of fused-ring (bicyclic) bond motifs is 1. The molecule has 3 heterocycles. The minimum absolute atomic E-state index is 0.141. The second-order valence-electron chi connectivity index (χ2n) is 7.52. The number of pyridine rings is 2. The van der Waals surface area contributed by atoms with E-state index < -0.39 is 0 Å². The third kappa shape index (κ3) is 3.16. The number of rotatable bonds is 4. The topological polar surface area (TPSA) is 72.7 Å². The largest absolute Gasteiger partial charge is 0.322 e. The predicted octanol–water partition coefficient (Wildman–Crippen LogP) is 4.56. The van der Waals surface area contributed by atoms with Crippen LogP contribution in [0.25, 0.3) is 16.9 Å². The summed E-state index contributed by atoms with van der Waals surface area (Å²) in [6.45, 7) is 3.89. The number of hydrogen-bond donors (Lipinski definition) is 1. The van der Waals surface area contributed by atoms with E-state index in [1.54, 1.807) is 10.9 Å². The maximum atomic E-state index is 13.3. The first-order valence-electron chi connectivity index (χ1n) is 9.80. The Hall–Kier alpha value is -3.54. The van der Waals surface area contributed by atoms with Gasteiger partial charge in [0.25, 0.3) is 5.91 Å². The van der Waals surface area contributed by atoms with Crippen molar-refractivity contribution >= 4 is 22.6 Å². The van der Waals surface area contributed by atoms with Crippen molar-refractivity contribution in [2.75, 3.05) is 5.32 Å². The van der Waals surface area contributed by atoms with Gasteiger partial charge in [-0.25, -0.2) is 9.97 Å². The zero-order valence-corrected chi connectivity index (χ0v) is 16.4. The number of carbonyl (C=O) groups is 1. The van der Waals surface area contributed by atoms with Gasteiger partial charge in [-0.15, -0.1) is 0 Å². The van der Waals surface area contributed by atoms with Crippen LogP contribution in [-0.2, 0) is 0 Å². The standard InChI is InChI=1S/C23H21N5O/c1-14-7-3-4-8-18(14)26-23(29)17-13-19(16-10-11-16)25-22-21(17)15(2)27-28(22)20-9-5-6-12-24-20/h3-9,12-13,16H,10-11H2,1-2H3,(H,26,29). The van der Waals surface area contributed by atoms with Crippen LogP contribution in [0.3, 0.4) is 0 Å². The number of nitrogens with zero attached hydrogens (tertiary/aromatic N) is 4. The number of amides is 1. The molecular formula is C23H21N5O. The fourth-order valence-corrected chi connectivity index (χ4v) is 3.62. The lowest BCUT2D eigenvalue weighted by atomic mass is 10.1. The van der Waals surface area contributed by atoms with Gasteiger partial charge in [0, 0.05) is 23.5 Å². The Labute approximate surface area is 168 Å². The molecule has 0 saturated heterocycles. The normalized spacial score (nSPS) is 13.6. The van der Waals surface area contributed by atoms with E-state index >= 15 is 0 Å². The molecule has 5 rings (SSSR count). The quantitative estimate of drug-likeness (QED) is 0.561. The number of aromatic nitrogens is 4. The average Bonchev–Trinajstić information content (AvgIpc) is 3.54. The second-order valence-corrected chi connectivity index (χ2v) is 7.52. The first-order chi connectivity index (χ1) is 14.1. The Kier molecular flexibility index (Phi) is 4.12. The van der Waals surface area contributed by atoms with Crippen LogP contribution in [0.5, 0.6) is 0 Å². The molecule has 1 amide bonds. The zero-order chi connectivity index (χ0) is 20.0. The molecule has 0 spiro atoms. The number of nitrogens with one attached hydrogen (secondary N) is 1. The summed E-state index contributed by atoms with van der Waals surface area (Å²) in [5.74, 6) is 0.963. The summed E-state index contributed by atoms with van der Waals surface area (Å²) in [4.78, 5) is 22.6. The molecule has 1 N–H and O–H groups in total. The SMILES string of the molecule is Cc1ccccc1NC(=O)c1cc(C2CC2)nc2c1c(C)nn2-c1ccccn1. The minimum atomic E-state index is -0.141. The highest BCUT2D eigenvalue weighted by molar-refractivity contribution is 6.13. The van der Waals surface area contributed by atoms with Crippen LogP contribution in [0.2, 0.25) is 0 Å². The maximum Gasteiger partial charge on any atom is 0.256 e. The van der Waals surface area contributed by atoms with Crippen LogP contribution < -0.4 is 5.32 Å². The van der Waals surface area contributed by atoms with Crippen LogP contribution in [0, 0.1) is 13.8 Å². The average molecular weight is 383 g/mol. The predicted molar refractivity (Wildman–Crippen MR) is 113 cm³/mol. The van der Waals surface area contributed by atoms with Gasteiger partial charge in [0.2, 0.25) is 0 Å². The summed E-state index contributed by atoms with van der Waals surface area (Å²) in [5, 5.41) is 8.49. The van der Waals surface area contributed by atoms with Crippen molar-refractivity contribution in [3.63, 3.8) is 0 Å². The summed E-state index contributed by atoms with van der Waals surface area (Å²) >= 11 is 0. The van der Waals surface area contributed by atoms with Crippen molar-refractivity contribution in [2.24, 2.45) is 0 Å². The molecule has 1 aliphatic rings. The molecule has 0 aliphatic heterocycles. The highest BCUT2D eigenvalue weighted by atomic mass is 16.1. The van der Waals surface area contributed by atoms with E-state index in [4.69, 9.17) is 4.98 Å². The summed E-state index contributed by atoms with van der Waals surface area (Å²) in [6.07, 6.45) is 3.94. The molecular weight excluding hydrogens is 362 g/mol. The third-order valence-electron chi connectivity index (χ3n) is 5.33. The van der Waals surface area contributed by atoms with Gasteiger partial charge in [0.05, 0.1) is 16.6 Å². The number of hydrogen-bond acceptors (Lipinski definition) is 4.